The summed E-state index contributed by atoms with van der Waals surface area (Å²) in [5.41, 5.74) is 1.27. The molecule has 0 spiro atoms. The van der Waals surface area contributed by atoms with Crippen molar-refractivity contribution in [2.45, 2.75) is 13.5 Å². The van der Waals surface area contributed by atoms with Gasteiger partial charge in [-0.2, -0.15) is 0 Å². The van der Waals surface area contributed by atoms with Gasteiger partial charge in [0.2, 0.25) is 0 Å². The number of benzene rings is 2. The summed E-state index contributed by atoms with van der Waals surface area (Å²) in [4.78, 5) is 54.6. The van der Waals surface area contributed by atoms with Gasteiger partial charge in [-0.15, -0.1) is 0 Å². The van der Waals surface area contributed by atoms with Crippen molar-refractivity contribution in [3.05, 3.63) is 80.0 Å². The lowest BCUT2D eigenvalue weighted by atomic mass is 10.1. The average Bonchev–Trinajstić information content (AvgIpc) is 3.11. The van der Waals surface area contributed by atoms with E-state index in [4.69, 9.17) is 4.84 Å². The van der Waals surface area contributed by atoms with Crippen molar-refractivity contribution in [2.24, 2.45) is 0 Å². The van der Waals surface area contributed by atoms with E-state index in [-0.39, 0.29) is 11.1 Å². The summed E-state index contributed by atoms with van der Waals surface area (Å²) in [6, 6.07) is 11.6. The minimum atomic E-state index is -0.956. The normalized spacial score (nSPS) is 13.0. The second-order valence-corrected chi connectivity index (χ2v) is 7.45. The molecule has 0 bridgehead atoms. The number of nitrogens with zero attached hydrogens (tertiary/aromatic N) is 2. The predicted octanol–water partition coefficient (Wildman–Crippen LogP) is 2.78. The fourth-order valence-corrected chi connectivity index (χ4v) is 3.99. The van der Waals surface area contributed by atoms with Gasteiger partial charge in [0.05, 0.1) is 16.8 Å². The molecule has 4 rings (SSSR count). The molecular weight excluding hydrogens is 399 g/mol. The van der Waals surface area contributed by atoms with Crippen LogP contribution in [0.4, 0.5) is 4.39 Å². The predicted molar refractivity (Wildman–Crippen MR) is 102 cm³/mol. The summed E-state index contributed by atoms with van der Waals surface area (Å²) < 4.78 is 14.4. The standard InChI is InChI=1S/C20H13FN2O5S/c1-11-17(12-6-8-13(21)9-7-12)22(20(27)29-11)10-16(24)28-23-18(25)14-4-2-3-5-15(14)19(23)26/h2-9H,10H2,1H3. The lowest BCUT2D eigenvalue weighted by Gasteiger charge is -2.14. The fraction of sp³-hybridized carbons (Fsp3) is 0.100. The topological polar surface area (TPSA) is 85.7 Å². The number of hydroxylamine groups is 2. The van der Waals surface area contributed by atoms with E-state index in [9.17, 15) is 23.6 Å². The molecule has 0 saturated heterocycles. The fourth-order valence-electron chi connectivity index (χ4n) is 3.14. The van der Waals surface area contributed by atoms with Crippen LogP contribution in [0.25, 0.3) is 11.3 Å². The van der Waals surface area contributed by atoms with Crippen molar-refractivity contribution in [3.8, 4) is 11.3 Å². The van der Waals surface area contributed by atoms with Crippen LogP contribution >= 0.6 is 11.3 Å². The maximum absolute atomic E-state index is 13.2. The number of hydrogen-bond acceptors (Lipinski definition) is 6. The van der Waals surface area contributed by atoms with Gasteiger partial charge in [-0.3, -0.25) is 19.0 Å². The third kappa shape index (κ3) is 3.25. The molecule has 0 atom stereocenters. The molecule has 7 nitrogen and oxygen atoms in total. The molecule has 2 heterocycles. The number of imide groups is 1. The molecule has 0 saturated carbocycles. The minimum Gasteiger partial charge on any atom is -0.328 e. The van der Waals surface area contributed by atoms with Gasteiger partial charge in [-0.05, 0) is 48.9 Å². The van der Waals surface area contributed by atoms with Crippen LogP contribution in [0, 0.1) is 12.7 Å². The maximum Gasteiger partial charge on any atom is 0.352 e. The van der Waals surface area contributed by atoms with E-state index in [1.54, 1.807) is 19.1 Å². The lowest BCUT2D eigenvalue weighted by Crippen LogP contribution is -2.35. The Balaban J connectivity index is 1.59. The first-order valence-electron chi connectivity index (χ1n) is 8.51. The molecule has 0 aliphatic carbocycles. The summed E-state index contributed by atoms with van der Waals surface area (Å²) in [5.74, 6) is -2.87. The van der Waals surface area contributed by atoms with Crippen LogP contribution in [0.15, 0.2) is 53.3 Å². The molecule has 3 aromatic rings. The Kier molecular flexibility index (Phi) is 4.59. The zero-order valence-electron chi connectivity index (χ0n) is 15.0. The van der Waals surface area contributed by atoms with Gasteiger partial charge in [-0.25, -0.2) is 9.18 Å². The minimum absolute atomic E-state index is 0.140. The first kappa shape index (κ1) is 18.8. The Bertz CT molecular complexity index is 1180. The van der Waals surface area contributed by atoms with E-state index in [1.807, 2.05) is 0 Å². The number of rotatable bonds is 4. The van der Waals surface area contributed by atoms with Gasteiger partial charge in [0.1, 0.15) is 12.4 Å². The lowest BCUT2D eigenvalue weighted by molar-refractivity contribution is -0.169. The Hall–Kier alpha value is -3.59. The molecule has 9 heteroatoms. The Morgan fingerprint density at radius 3 is 2.17 bits per heavy atom. The van der Waals surface area contributed by atoms with Crippen molar-refractivity contribution in [2.75, 3.05) is 0 Å². The smallest absolute Gasteiger partial charge is 0.328 e. The second-order valence-electron chi connectivity index (χ2n) is 6.28. The van der Waals surface area contributed by atoms with Crippen molar-refractivity contribution in [1.29, 1.82) is 0 Å². The molecule has 29 heavy (non-hydrogen) atoms. The van der Waals surface area contributed by atoms with Crippen LogP contribution in [-0.4, -0.2) is 27.4 Å². The first-order chi connectivity index (χ1) is 13.9. The van der Waals surface area contributed by atoms with Crippen molar-refractivity contribution in [1.82, 2.24) is 9.63 Å². The van der Waals surface area contributed by atoms with E-state index in [2.05, 4.69) is 0 Å². The number of aryl methyl sites for hydroxylation is 1. The van der Waals surface area contributed by atoms with Crippen LogP contribution in [-0.2, 0) is 16.2 Å². The zero-order valence-corrected chi connectivity index (χ0v) is 15.9. The quantitative estimate of drug-likeness (QED) is 0.615. The molecular formula is C20H13FN2O5S. The van der Waals surface area contributed by atoms with Gasteiger partial charge in [-0.1, -0.05) is 28.5 Å². The number of halogens is 1. The third-order valence-electron chi connectivity index (χ3n) is 4.42. The molecule has 146 valence electrons. The summed E-state index contributed by atoms with van der Waals surface area (Å²) in [6.07, 6.45) is 0. The molecule has 0 fully saturated rings. The van der Waals surface area contributed by atoms with E-state index in [0.29, 0.717) is 21.2 Å². The largest absolute Gasteiger partial charge is 0.352 e. The third-order valence-corrected chi connectivity index (χ3v) is 5.31. The number of aromatic nitrogens is 1. The van der Waals surface area contributed by atoms with Gasteiger partial charge >= 0.3 is 10.8 Å². The highest BCUT2D eigenvalue weighted by Crippen LogP contribution is 2.26. The number of carbonyl (C=O) groups is 3. The molecule has 1 aliphatic rings. The van der Waals surface area contributed by atoms with Gasteiger partial charge in [0.25, 0.3) is 11.8 Å². The number of thiazole rings is 1. The van der Waals surface area contributed by atoms with Crippen molar-refractivity contribution in [3.63, 3.8) is 0 Å². The second kappa shape index (κ2) is 7.10. The molecule has 2 amide bonds. The molecule has 0 unspecified atom stereocenters. The van der Waals surface area contributed by atoms with Gasteiger partial charge < -0.3 is 4.84 Å². The summed E-state index contributed by atoms with van der Waals surface area (Å²) in [5, 5.41) is 0.398. The highest BCUT2D eigenvalue weighted by atomic mass is 32.1. The first-order valence-corrected chi connectivity index (χ1v) is 9.33. The van der Waals surface area contributed by atoms with E-state index >= 15 is 0 Å². The maximum atomic E-state index is 13.2. The molecule has 1 aliphatic heterocycles. The Labute approximate surface area is 167 Å². The molecule has 0 radical (unpaired) electrons. The Morgan fingerprint density at radius 2 is 1.59 bits per heavy atom. The molecule has 0 N–H and O–H groups in total. The monoisotopic (exact) mass is 412 g/mol. The number of fused-ring (bicyclic) bond motifs is 1. The zero-order chi connectivity index (χ0) is 20.7. The van der Waals surface area contributed by atoms with Crippen molar-refractivity contribution >= 4 is 29.1 Å². The van der Waals surface area contributed by atoms with E-state index in [0.717, 1.165) is 11.3 Å². The highest BCUT2D eigenvalue weighted by Gasteiger charge is 2.38. The van der Waals surface area contributed by atoms with Crippen LogP contribution in [0.5, 0.6) is 0 Å². The SMILES string of the molecule is Cc1sc(=O)n(CC(=O)ON2C(=O)c3ccccc3C2=O)c1-c1ccc(F)cc1. The number of hydrogen-bond donors (Lipinski definition) is 0. The number of amides is 2. The number of carbonyl (C=O) groups excluding carboxylic acids is 3. The summed E-state index contributed by atoms with van der Waals surface area (Å²) >= 11 is 0.929. The van der Waals surface area contributed by atoms with Crippen LogP contribution in [0.1, 0.15) is 25.6 Å². The highest BCUT2D eigenvalue weighted by molar-refractivity contribution is 7.09. The Morgan fingerprint density at radius 1 is 1.00 bits per heavy atom. The van der Waals surface area contributed by atoms with Gasteiger partial charge in [0.15, 0.2) is 0 Å². The van der Waals surface area contributed by atoms with Crippen molar-refractivity contribution < 1.29 is 23.6 Å². The summed E-state index contributed by atoms with van der Waals surface area (Å²) in [7, 11) is 0. The summed E-state index contributed by atoms with van der Waals surface area (Å²) in [6.45, 7) is 1.19. The molecule has 1 aromatic heterocycles. The van der Waals surface area contributed by atoms with E-state index < -0.39 is 35.0 Å². The van der Waals surface area contributed by atoms with Crippen LogP contribution in [0.2, 0.25) is 0 Å². The van der Waals surface area contributed by atoms with Gasteiger partial charge in [0, 0.05) is 4.88 Å². The van der Waals surface area contributed by atoms with Crippen LogP contribution < -0.4 is 4.87 Å². The molecule has 2 aromatic carbocycles. The van der Waals surface area contributed by atoms with Crippen LogP contribution in [0.3, 0.4) is 0 Å². The van der Waals surface area contributed by atoms with E-state index in [1.165, 1.54) is 41.0 Å². The average molecular weight is 412 g/mol.